The summed E-state index contributed by atoms with van der Waals surface area (Å²) in [6.45, 7) is 2.21. The van der Waals surface area contributed by atoms with Gasteiger partial charge in [0.2, 0.25) is 0 Å². The van der Waals surface area contributed by atoms with Crippen molar-refractivity contribution in [2.24, 2.45) is 5.73 Å². The first kappa shape index (κ1) is 9.40. The molecular formula is C9H19NS. The summed E-state index contributed by atoms with van der Waals surface area (Å²) in [5.74, 6) is 2.38. The Morgan fingerprint density at radius 2 is 1.91 bits per heavy atom. The van der Waals surface area contributed by atoms with E-state index in [-0.39, 0.29) is 5.54 Å². The summed E-state index contributed by atoms with van der Waals surface area (Å²) < 4.78 is 0. The highest BCUT2D eigenvalue weighted by atomic mass is 32.2. The second-order valence-electron chi connectivity index (χ2n) is 3.56. The van der Waals surface area contributed by atoms with E-state index in [9.17, 15) is 0 Å². The van der Waals surface area contributed by atoms with Crippen LogP contribution in [0.15, 0.2) is 0 Å². The fraction of sp³-hybridized carbons (Fsp3) is 1.00. The van der Waals surface area contributed by atoms with E-state index in [1.165, 1.54) is 43.6 Å². The van der Waals surface area contributed by atoms with Crippen molar-refractivity contribution in [1.82, 2.24) is 0 Å². The summed E-state index contributed by atoms with van der Waals surface area (Å²) >= 11 is 1.99. The summed E-state index contributed by atoms with van der Waals surface area (Å²) in [5, 5.41) is 0. The Balaban J connectivity index is 2.25. The van der Waals surface area contributed by atoms with Crippen LogP contribution in [0.25, 0.3) is 0 Å². The average molecular weight is 173 g/mol. The van der Waals surface area contributed by atoms with Crippen molar-refractivity contribution in [1.29, 1.82) is 0 Å². The van der Waals surface area contributed by atoms with E-state index in [1.807, 2.05) is 11.8 Å². The van der Waals surface area contributed by atoms with Crippen LogP contribution in [-0.4, -0.2) is 17.0 Å². The Hall–Kier alpha value is 0.310. The molecule has 0 aromatic heterocycles. The monoisotopic (exact) mass is 173 g/mol. The molecule has 0 atom stereocenters. The average Bonchev–Trinajstić information content (AvgIpc) is 2.03. The van der Waals surface area contributed by atoms with Gasteiger partial charge in [-0.2, -0.15) is 11.8 Å². The minimum Gasteiger partial charge on any atom is -0.324 e. The topological polar surface area (TPSA) is 26.0 Å². The zero-order valence-corrected chi connectivity index (χ0v) is 8.25. The van der Waals surface area contributed by atoms with Crippen LogP contribution in [0, 0.1) is 0 Å². The first-order chi connectivity index (χ1) is 5.27. The third-order valence-corrected chi connectivity index (χ3v) is 3.63. The zero-order valence-electron chi connectivity index (χ0n) is 7.44. The van der Waals surface area contributed by atoms with E-state index in [2.05, 4.69) is 6.92 Å². The molecule has 1 nitrogen and oxygen atoms in total. The molecule has 1 aliphatic carbocycles. The van der Waals surface area contributed by atoms with E-state index >= 15 is 0 Å². The molecule has 0 saturated heterocycles. The molecule has 1 fully saturated rings. The summed E-state index contributed by atoms with van der Waals surface area (Å²) in [6, 6.07) is 0. The van der Waals surface area contributed by atoms with Crippen LogP contribution in [0.3, 0.4) is 0 Å². The Kier molecular flexibility index (Phi) is 3.73. The van der Waals surface area contributed by atoms with Crippen molar-refractivity contribution in [2.45, 2.75) is 44.6 Å². The van der Waals surface area contributed by atoms with Gasteiger partial charge in [0.15, 0.2) is 0 Å². The van der Waals surface area contributed by atoms with E-state index in [4.69, 9.17) is 5.73 Å². The van der Waals surface area contributed by atoms with Gasteiger partial charge in [0.05, 0.1) is 0 Å². The maximum atomic E-state index is 6.22. The molecule has 0 aromatic rings. The van der Waals surface area contributed by atoms with Crippen LogP contribution in [0.5, 0.6) is 0 Å². The highest BCUT2D eigenvalue weighted by Crippen LogP contribution is 2.28. The molecule has 2 N–H and O–H groups in total. The molecule has 0 radical (unpaired) electrons. The minimum absolute atomic E-state index is 0.193. The number of thioether (sulfide) groups is 1. The lowest BCUT2D eigenvalue weighted by Crippen LogP contribution is -2.44. The van der Waals surface area contributed by atoms with Gasteiger partial charge in [-0.25, -0.2) is 0 Å². The molecule has 0 bridgehead atoms. The Morgan fingerprint density at radius 3 is 2.45 bits per heavy atom. The number of hydrogen-bond acceptors (Lipinski definition) is 2. The maximum absolute atomic E-state index is 6.22. The predicted octanol–water partition coefficient (Wildman–Crippen LogP) is 2.40. The van der Waals surface area contributed by atoms with Gasteiger partial charge in [0, 0.05) is 11.3 Å². The van der Waals surface area contributed by atoms with Crippen molar-refractivity contribution in [3.8, 4) is 0 Å². The quantitative estimate of drug-likeness (QED) is 0.709. The van der Waals surface area contributed by atoms with Gasteiger partial charge in [-0.15, -0.1) is 0 Å². The van der Waals surface area contributed by atoms with E-state index in [1.54, 1.807) is 0 Å². The molecule has 0 unspecified atom stereocenters. The van der Waals surface area contributed by atoms with Crippen molar-refractivity contribution in [2.75, 3.05) is 11.5 Å². The van der Waals surface area contributed by atoms with Crippen molar-refractivity contribution >= 4 is 11.8 Å². The van der Waals surface area contributed by atoms with Gasteiger partial charge in [0.25, 0.3) is 0 Å². The Labute approximate surface area is 74.1 Å². The molecule has 0 aliphatic heterocycles. The number of nitrogens with two attached hydrogens (primary N) is 1. The second-order valence-corrected chi connectivity index (χ2v) is 4.83. The molecule has 1 rings (SSSR count). The lowest BCUT2D eigenvalue weighted by Gasteiger charge is -2.32. The summed E-state index contributed by atoms with van der Waals surface area (Å²) in [4.78, 5) is 0. The Morgan fingerprint density at radius 1 is 1.27 bits per heavy atom. The van der Waals surface area contributed by atoms with E-state index in [0.717, 1.165) is 0 Å². The molecule has 0 amide bonds. The highest BCUT2D eigenvalue weighted by molar-refractivity contribution is 7.99. The number of hydrogen-bond donors (Lipinski definition) is 1. The van der Waals surface area contributed by atoms with Crippen LogP contribution in [0.4, 0.5) is 0 Å². The van der Waals surface area contributed by atoms with Crippen LogP contribution in [0.2, 0.25) is 0 Å². The fourth-order valence-electron chi connectivity index (χ4n) is 1.71. The standard InChI is InChI=1S/C9H19NS/c1-2-11-8-9(10)6-4-3-5-7-9/h2-8,10H2,1H3. The second kappa shape index (κ2) is 4.36. The molecule has 0 aromatic carbocycles. The van der Waals surface area contributed by atoms with Crippen molar-refractivity contribution < 1.29 is 0 Å². The van der Waals surface area contributed by atoms with Crippen LogP contribution in [0.1, 0.15) is 39.0 Å². The smallest absolute Gasteiger partial charge is 0.0246 e. The van der Waals surface area contributed by atoms with Gasteiger partial charge in [-0.05, 0) is 18.6 Å². The molecule has 1 aliphatic rings. The number of rotatable bonds is 3. The third-order valence-electron chi connectivity index (χ3n) is 2.44. The van der Waals surface area contributed by atoms with Gasteiger partial charge >= 0.3 is 0 Å². The largest absolute Gasteiger partial charge is 0.324 e. The van der Waals surface area contributed by atoms with Crippen molar-refractivity contribution in [3.63, 3.8) is 0 Å². The van der Waals surface area contributed by atoms with Crippen LogP contribution in [-0.2, 0) is 0 Å². The maximum Gasteiger partial charge on any atom is 0.0246 e. The minimum atomic E-state index is 0.193. The summed E-state index contributed by atoms with van der Waals surface area (Å²) in [5.41, 5.74) is 6.42. The molecule has 1 saturated carbocycles. The SMILES string of the molecule is CCSCC1(N)CCCCC1. The normalized spacial score (nSPS) is 23.5. The van der Waals surface area contributed by atoms with Crippen LogP contribution >= 0.6 is 11.8 Å². The summed E-state index contributed by atoms with van der Waals surface area (Å²) in [6.07, 6.45) is 6.59. The predicted molar refractivity (Wildman–Crippen MR) is 53.0 cm³/mol. The molecular weight excluding hydrogens is 154 g/mol. The zero-order chi connectivity index (χ0) is 8.16. The molecule has 66 valence electrons. The third kappa shape index (κ3) is 3.04. The van der Waals surface area contributed by atoms with E-state index < -0.39 is 0 Å². The first-order valence-corrected chi connectivity index (χ1v) is 5.79. The Bertz CT molecular complexity index is 108. The van der Waals surface area contributed by atoms with Gasteiger partial charge in [-0.1, -0.05) is 26.2 Å². The first-order valence-electron chi connectivity index (χ1n) is 4.63. The lowest BCUT2D eigenvalue weighted by atomic mass is 9.84. The fourth-order valence-corrected chi connectivity index (χ4v) is 2.60. The van der Waals surface area contributed by atoms with Gasteiger partial charge < -0.3 is 5.73 Å². The summed E-state index contributed by atoms with van der Waals surface area (Å²) in [7, 11) is 0. The molecule has 2 heteroatoms. The van der Waals surface area contributed by atoms with Crippen molar-refractivity contribution in [3.05, 3.63) is 0 Å². The highest BCUT2D eigenvalue weighted by Gasteiger charge is 2.26. The van der Waals surface area contributed by atoms with E-state index in [0.29, 0.717) is 0 Å². The molecule has 11 heavy (non-hydrogen) atoms. The van der Waals surface area contributed by atoms with Gasteiger partial charge in [0.1, 0.15) is 0 Å². The van der Waals surface area contributed by atoms with Gasteiger partial charge in [-0.3, -0.25) is 0 Å². The van der Waals surface area contributed by atoms with Crippen LogP contribution < -0.4 is 5.73 Å². The lowest BCUT2D eigenvalue weighted by molar-refractivity contribution is 0.328. The molecule has 0 heterocycles. The molecule has 0 spiro atoms.